The minimum atomic E-state index is -0.801. The molecule has 5 nitrogen and oxygen atoms in total. The smallest absolute Gasteiger partial charge is 0.227 e. The Morgan fingerprint density at radius 1 is 1.21 bits per heavy atom. The van der Waals surface area contributed by atoms with E-state index in [1.807, 2.05) is 4.90 Å². The number of ether oxygens (including phenoxy) is 1. The van der Waals surface area contributed by atoms with Crippen LogP contribution < -0.4 is 0 Å². The van der Waals surface area contributed by atoms with Crippen molar-refractivity contribution in [1.29, 1.82) is 0 Å². The van der Waals surface area contributed by atoms with Gasteiger partial charge in [-0.05, 0) is 38.9 Å². The number of hydrogen-bond acceptors (Lipinski definition) is 4. The molecular weight excluding hydrogens is 364 g/mol. The lowest BCUT2D eigenvalue weighted by molar-refractivity contribution is -0.153. The fourth-order valence-corrected chi connectivity index (χ4v) is 4.80. The monoisotopic (exact) mass is 393 g/mol. The molecule has 0 saturated carbocycles. The SMILES string of the molecule is CN1CCC(C(=O)N2CCC3(CC2)CN(Cc2cccc(F)c2F)CCO3)C1. The van der Waals surface area contributed by atoms with Crippen LogP contribution in [0, 0.1) is 17.6 Å². The number of piperidine rings is 1. The number of carbonyl (C=O) groups is 1. The Hall–Kier alpha value is -1.57. The van der Waals surface area contributed by atoms with E-state index in [2.05, 4.69) is 16.8 Å². The van der Waals surface area contributed by atoms with Crippen molar-refractivity contribution in [1.82, 2.24) is 14.7 Å². The minimum Gasteiger partial charge on any atom is -0.372 e. The summed E-state index contributed by atoms with van der Waals surface area (Å²) in [4.78, 5) is 19.1. The zero-order valence-electron chi connectivity index (χ0n) is 16.5. The first-order chi connectivity index (χ1) is 13.5. The Labute approximate surface area is 165 Å². The fourth-order valence-electron chi connectivity index (χ4n) is 4.80. The summed E-state index contributed by atoms with van der Waals surface area (Å²) in [5.74, 6) is -1.16. The van der Waals surface area contributed by atoms with E-state index < -0.39 is 11.6 Å². The summed E-state index contributed by atoms with van der Waals surface area (Å²) in [6.07, 6.45) is 2.54. The van der Waals surface area contributed by atoms with Gasteiger partial charge >= 0.3 is 0 Å². The molecule has 28 heavy (non-hydrogen) atoms. The van der Waals surface area contributed by atoms with Crippen LogP contribution in [0.3, 0.4) is 0 Å². The lowest BCUT2D eigenvalue weighted by atomic mass is 9.88. The predicted octanol–water partition coefficient (Wildman–Crippen LogP) is 2.11. The molecule has 3 heterocycles. The number of benzene rings is 1. The van der Waals surface area contributed by atoms with E-state index in [0.29, 0.717) is 44.9 Å². The van der Waals surface area contributed by atoms with Gasteiger partial charge in [-0.1, -0.05) is 12.1 Å². The van der Waals surface area contributed by atoms with Gasteiger partial charge in [0, 0.05) is 44.8 Å². The van der Waals surface area contributed by atoms with E-state index in [4.69, 9.17) is 4.74 Å². The average Bonchev–Trinajstić information content (AvgIpc) is 3.12. The van der Waals surface area contributed by atoms with Gasteiger partial charge in [0.15, 0.2) is 11.6 Å². The van der Waals surface area contributed by atoms with Gasteiger partial charge in [-0.15, -0.1) is 0 Å². The van der Waals surface area contributed by atoms with Gasteiger partial charge in [0.2, 0.25) is 5.91 Å². The number of likely N-dealkylation sites (tertiary alicyclic amines) is 2. The third-order valence-corrected chi connectivity index (χ3v) is 6.48. The standard InChI is InChI=1S/C21H29F2N3O2/c1-24-8-5-17(13-24)20(27)26-9-6-21(7-10-26)15-25(11-12-28-21)14-16-3-2-4-18(22)19(16)23/h2-4,17H,5-15H2,1H3. The maximum atomic E-state index is 14.0. The normalized spacial score (nSPS) is 26.1. The van der Waals surface area contributed by atoms with Crippen molar-refractivity contribution in [2.24, 2.45) is 5.92 Å². The summed E-state index contributed by atoms with van der Waals surface area (Å²) >= 11 is 0. The summed E-state index contributed by atoms with van der Waals surface area (Å²) in [5, 5.41) is 0. The molecular formula is C21H29F2N3O2. The van der Waals surface area contributed by atoms with Gasteiger partial charge < -0.3 is 14.5 Å². The summed E-state index contributed by atoms with van der Waals surface area (Å²) in [5.41, 5.74) is 0.0979. The zero-order valence-corrected chi connectivity index (χ0v) is 16.5. The lowest BCUT2D eigenvalue weighted by Crippen LogP contribution is -2.57. The first-order valence-electron chi connectivity index (χ1n) is 10.2. The van der Waals surface area contributed by atoms with Crippen LogP contribution in [-0.4, -0.2) is 79.1 Å². The number of halogens is 2. The maximum absolute atomic E-state index is 14.0. The first kappa shape index (κ1) is 19.7. The molecule has 0 bridgehead atoms. The molecule has 0 radical (unpaired) electrons. The van der Waals surface area contributed by atoms with E-state index in [1.54, 1.807) is 12.1 Å². The van der Waals surface area contributed by atoms with Crippen LogP contribution in [0.4, 0.5) is 8.78 Å². The number of amides is 1. The molecule has 4 rings (SSSR count). The Morgan fingerprint density at radius 2 is 2.00 bits per heavy atom. The van der Waals surface area contributed by atoms with Crippen LogP contribution in [0.1, 0.15) is 24.8 Å². The number of rotatable bonds is 3. The second kappa shape index (κ2) is 8.05. The van der Waals surface area contributed by atoms with Crippen molar-refractivity contribution in [2.45, 2.75) is 31.4 Å². The van der Waals surface area contributed by atoms with Crippen molar-refractivity contribution in [3.05, 3.63) is 35.4 Å². The topological polar surface area (TPSA) is 36.0 Å². The molecule has 0 N–H and O–H groups in total. The first-order valence-corrected chi connectivity index (χ1v) is 10.2. The van der Waals surface area contributed by atoms with E-state index in [0.717, 1.165) is 38.4 Å². The van der Waals surface area contributed by atoms with Crippen molar-refractivity contribution >= 4 is 5.91 Å². The molecule has 3 saturated heterocycles. The highest BCUT2D eigenvalue weighted by Gasteiger charge is 2.42. The third kappa shape index (κ3) is 4.07. The second-order valence-corrected chi connectivity index (χ2v) is 8.53. The lowest BCUT2D eigenvalue weighted by Gasteiger charge is -2.47. The van der Waals surface area contributed by atoms with Crippen molar-refractivity contribution in [3.8, 4) is 0 Å². The highest BCUT2D eigenvalue weighted by atomic mass is 19.2. The molecule has 1 aromatic carbocycles. The molecule has 3 fully saturated rings. The highest BCUT2D eigenvalue weighted by molar-refractivity contribution is 5.79. The van der Waals surface area contributed by atoms with Crippen LogP contribution in [-0.2, 0) is 16.1 Å². The molecule has 3 aliphatic rings. The zero-order chi connectivity index (χ0) is 19.7. The molecule has 1 unspecified atom stereocenters. The number of morpholine rings is 1. The molecule has 154 valence electrons. The predicted molar refractivity (Wildman–Crippen MR) is 102 cm³/mol. The van der Waals surface area contributed by atoms with Gasteiger partial charge in [0.1, 0.15) is 0 Å². The van der Waals surface area contributed by atoms with Crippen LogP contribution in [0.25, 0.3) is 0 Å². The van der Waals surface area contributed by atoms with Crippen molar-refractivity contribution < 1.29 is 18.3 Å². The maximum Gasteiger partial charge on any atom is 0.227 e. The Bertz CT molecular complexity index is 722. The summed E-state index contributed by atoms with van der Waals surface area (Å²) in [7, 11) is 2.06. The quantitative estimate of drug-likeness (QED) is 0.788. The largest absolute Gasteiger partial charge is 0.372 e. The van der Waals surface area contributed by atoms with Gasteiger partial charge in [0.25, 0.3) is 0 Å². The van der Waals surface area contributed by atoms with Gasteiger partial charge in [0.05, 0.1) is 18.1 Å². The van der Waals surface area contributed by atoms with Crippen LogP contribution in [0.15, 0.2) is 18.2 Å². The van der Waals surface area contributed by atoms with Crippen molar-refractivity contribution in [3.63, 3.8) is 0 Å². The Kier molecular flexibility index (Phi) is 5.67. The van der Waals surface area contributed by atoms with Gasteiger partial charge in [-0.2, -0.15) is 0 Å². The van der Waals surface area contributed by atoms with Gasteiger partial charge in [-0.3, -0.25) is 9.69 Å². The highest BCUT2D eigenvalue weighted by Crippen LogP contribution is 2.32. The average molecular weight is 393 g/mol. The Morgan fingerprint density at radius 3 is 2.71 bits per heavy atom. The summed E-state index contributed by atoms with van der Waals surface area (Å²) in [6, 6.07) is 4.34. The molecule has 1 aromatic rings. The molecule has 3 aliphatic heterocycles. The van der Waals surface area contributed by atoms with Crippen LogP contribution in [0.2, 0.25) is 0 Å². The van der Waals surface area contributed by atoms with E-state index >= 15 is 0 Å². The number of nitrogens with zero attached hydrogens (tertiary/aromatic N) is 3. The van der Waals surface area contributed by atoms with E-state index in [1.165, 1.54) is 0 Å². The molecule has 0 aromatic heterocycles. The van der Waals surface area contributed by atoms with E-state index in [9.17, 15) is 13.6 Å². The van der Waals surface area contributed by atoms with Gasteiger partial charge in [-0.25, -0.2) is 8.78 Å². The molecule has 1 amide bonds. The minimum absolute atomic E-state index is 0.124. The van der Waals surface area contributed by atoms with Crippen LogP contribution in [0.5, 0.6) is 0 Å². The molecule has 1 atom stereocenters. The number of carbonyl (C=O) groups excluding carboxylic acids is 1. The molecule has 1 spiro atoms. The van der Waals surface area contributed by atoms with Crippen LogP contribution >= 0.6 is 0 Å². The summed E-state index contributed by atoms with van der Waals surface area (Å²) in [6.45, 7) is 5.62. The third-order valence-electron chi connectivity index (χ3n) is 6.48. The molecule has 7 heteroatoms. The van der Waals surface area contributed by atoms with Crippen molar-refractivity contribution in [2.75, 3.05) is 52.9 Å². The fraction of sp³-hybridized carbons (Fsp3) is 0.667. The number of hydrogen-bond donors (Lipinski definition) is 0. The van der Waals surface area contributed by atoms with E-state index in [-0.39, 0.29) is 17.4 Å². The summed E-state index contributed by atoms with van der Waals surface area (Å²) < 4.78 is 33.7. The molecule has 0 aliphatic carbocycles. The second-order valence-electron chi connectivity index (χ2n) is 8.53. The Balaban J connectivity index is 1.34.